The summed E-state index contributed by atoms with van der Waals surface area (Å²) in [6.45, 7) is 3.04. The Balaban J connectivity index is 1.54. The van der Waals surface area contributed by atoms with E-state index in [1.54, 1.807) is 4.90 Å². The standard InChI is InChI=1S/C24H23F3N4O5/c1-12-8-24(36-28-12)4-3-13(2)29-11-21(24)30-9-16(20(32)7-19(30)23(29)34)22(33)31(35)10-15-17(26)5-14(25)6-18(15)27/h5-7,9,13,21,35H,3-4,8,10-11H2,1-2H3. The molecule has 3 unspecified atom stereocenters. The number of halogens is 3. The predicted octanol–water partition coefficient (Wildman–Crippen LogP) is 3.01. The minimum Gasteiger partial charge on any atom is -0.387 e. The number of hydrogen-bond donors (Lipinski definition) is 1. The summed E-state index contributed by atoms with van der Waals surface area (Å²) in [5.74, 6) is -5.36. The van der Waals surface area contributed by atoms with Crippen LogP contribution in [0.5, 0.6) is 0 Å². The van der Waals surface area contributed by atoms with Gasteiger partial charge in [-0.3, -0.25) is 19.6 Å². The van der Waals surface area contributed by atoms with Gasteiger partial charge >= 0.3 is 0 Å². The first-order valence-electron chi connectivity index (χ1n) is 11.4. The van der Waals surface area contributed by atoms with Crippen molar-refractivity contribution in [1.29, 1.82) is 0 Å². The van der Waals surface area contributed by atoms with E-state index in [9.17, 15) is 32.8 Å². The van der Waals surface area contributed by atoms with Crippen LogP contribution in [0.4, 0.5) is 13.2 Å². The average molecular weight is 504 g/mol. The van der Waals surface area contributed by atoms with E-state index in [4.69, 9.17) is 4.84 Å². The van der Waals surface area contributed by atoms with E-state index in [2.05, 4.69) is 5.16 Å². The summed E-state index contributed by atoms with van der Waals surface area (Å²) in [5, 5.41) is 14.4. The number of hydroxylamine groups is 2. The van der Waals surface area contributed by atoms with Gasteiger partial charge in [0.25, 0.3) is 11.8 Å². The number of carbonyl (C=O) groups excluding carboxylic acids is 2. The van der Waals surface area contributed by atoms with Crippen molar-refractivity contribution in [2.45, 2.75) is 57.3 Å². The van der Waals surface area contributed by atoms with Gasteiger partial charge in [0, 0.05) is 49.0 Å². The maximum absolute atomic E-state index is 14.0. The van der Waals surface area contributed by atoms with E-state index in [-0.39, 0.29) is 29.3 Å². The molecule has 1 aromatic heterocycles. The summed E-state index contributed by atoms with van der Waals surface area (Å²) >= 11 is 0. The molecule has 12 heteroatoms. The van der Waals surface area contributed by atoms with Crippen molar-refractivity contribution in [3.63, 3.8) is 0 Å². The van der Waals surface area contributed by atoms with E-state index in [0.29, 0.717) is 31.4 Å². The molecule has 9 nitrogen and oxygen atoms in total. The van der Waals surface area contributed by atoms with Crippen molar-refractivity contribution in [1.82, 2.24) is 14.5 Å². The normalized spacial score (nSPS) is 24.8. The van der Waals surface area contributed by atoms with Crippen LogP contribution >= 0.6 is 0 Å². The lowest BCUT2D eigenvalue weighted by atomic mass is 9.84. The molecule has 190 valence electrons. The zero-order valence-corrected chi connectivity index (χ0v) is 19.5. The number of fused-ring (bicyclic) bond motifs is 5. The van der Waals surface area contributed by atoms with E-state index in [0.717, 1.165) is 11.8 Å². The number of pyridine rings is 1. The van der Waals surface area contributed by atoms with Gasteiger partial charge in [0.1, 0.15) is 28.7 Å². The summed E-state index contributed by atoms with van der Waals surface area (Å²) in [4.78, 5) is 46.6. The largest absolute Gasteiger partial charge is 0.387 e. The highest BCUT2D eigenvalue weighted by molar-refractivity contribution is 5.97. The second-order valence-electron chi connectivity index (χ2n) is 9.58. The van der Waals surface area contributed by atoms with Crippen molar-refractivity contribution < 1.29 is 32.8 Å². The van der Waals surface area contributed by atoms with Crippen LogP contribution in [0.25, 0.3) is 0 Å². The molecule has 1 N–H and O–H groups in total. The third kappa shape index (κ3) is 3.76. The molecule has 0 saturated carbocycles. The molecule has 3 atom stereocenters. The maximum Gasteiger partial charge on any atom is 0.283 e. The molecule has 1 fully saturated rings. The number of amides is 2. The zero-order valence-electron chi connectivity index (χ0n) is 19.5. The van der Waals surface area contributed by atoms with E-state index in [1.165, 1.54) is 10.8 Å². The van der Waals surface area contributed by atoms with Crippen molar-refractivity contribution in [3.05, 3.63) is 68.9 Å². The van der Waals surface area contributed by atoms with Crippen molar-refractivity contribution in [2.24, 2.45) is 5.16 Å². The number of aromatic nitrogens is 1. The van der Waals surface area contributed by atoms with Gasteiger partial charge in [-0.25, -0.2) is 18.2 Å². The fraction of sp³-hybridized carbons (Fsp3) is 0.417. The van der Waals surface area contributed by atoms with Gasteiger partial charge in [0.2, 0.25) is 0 Å². The van der Waals surface area contributed by atoms with Gasteiger partial charge < -0.3 is 14.3 Å². The molecular formula is C24H23F3N4O5. The molecule has 2 amide bonds. The van der Waals surface area contributed by atoms with Gasteiger partial charge in [0.15, 0.2) is 11.0 Å². The Morgan fingerprint density at radius 2 is 1.94 bits per heavy atom. The van der Waals surface area contributed by atoms with Gasteiger partial charge in [-0.15, -0.1) is 0 Å². The monoisotopic (exact) mass is 504 g/mol. The third-order valence-corrected chi connectivity index (χ3v) is 7.21. The second kappa shape index (κ2) is 8.47. The molecule has 4 heterocycles. The van der Waals surface area contributed by atoms with Crippen LogP contribution in [0.1, 0.15) is 65.6 Å². The quantitative estimate of drug-likeness (QED) is 0.511. The average Bonchev–Trinajstić information content (AvgIpc) is 3.15. The molecule has 5 rings (SSSR count). The molecule has 0 radical (unpaired) electrons. The number of carbonyl (C=O) groups is 2. The Bertz CT molecular complexity index is 1350. The highest BCUT2D eigenvalue weighted by atomic mass is 19.1. The fourth-order valence-electron chi connectivity index (χ4n) is 5.28. The summed E-state index contributed by atoms with van der Waals surface area (Å²) in [5.41, 5.74) is -2.06. The van der Waals surface area contributed by atoms with Crippen LogP contribution in [-0.2, 0) is 11.4 Å². The third-order valence-electron chi connectivity index (χ3n) is 7.21. The first-order valence-corrected chi connectivity index (χ1v) is 11.4. The lowest BCUT2D eigenvalue weighted by Crippen LogP contribution is -2.52. The first-order chi connectivity index (χ1) is 17.0. The Morgan fingerprint density at radius 3 is 2.58 bits per heavy atom. The molecule has 3 aliphatic heterocycles. The van der Waals surface area contributed by atoms with Crippen LogP contribution in [-0.4, -0.2) is 55.5 Å². The van der Waals surface area contributed by atoms with Crippen LogP contribution in [0.15, 0.2) is 34.3 Å². The SMILES string of the molecule is CC1=NOC2(CCC(C)N3CC2n2cc(C(=O)N(O)Cc4c(F)cc(F)cc4F)c(=O)cc2C3=O)C1. The fourth-order valence-corrected chi connectivity index (χ4v) is 5.28. The number of nitrogens with zero attached hydrogens (tertiary/aromatic N) is 4. The minimum absolute atomic E-state index is 0.0235. The Kier molecular flexibility index (Phi) is 5.66. The Hall–Kier alpha value is -3.67. The number of benzene rings is 1. The summed E-state index contributed by atoms with van der Waals surface area (Å²) in [6.07, 6.45) is 2.90. The minimum atomic E-state index is -1.30. The predicted molar refractivity (Wildman–Crippen MR) is 119 cm³/mol. The van der Waals surface area contributed by atoms with Crippen LogP contribution in [0.3, 0.4) is 0 Å². The first kappa shape index (κ1) is 24.0. The van der Waals surface area contributed by atoms with Gasteiger partial charge in [0.05, 0.1) is 18.3 Å². The highest BCUT2D eigenvalue weighted by Crippen LogP contribution is 2.45. The molecule has 1 spiro atoms. The Morgan fingerprint density at radius 1 is 1.25 bits per heavy atom. The zero-order chi connectivity index (χ0) is 25.9. The highest BCUT2D eigenvalue weighted by Gasteiger charge is 2.53. The summed E-state index contributed by atoms with van der Waals surface area (Å²) in [7, 11) is 0. The lowest BCUT2D eigenvalue weighted by Gasteiger charge is -2.41. The van der Waals surface area contributed by atoms with E-state index >= 15 is 0 Å². The topological polar surface area (TPSA) is 104 Å². The van der Waals surface area contributed by atoms with Gasteiger partial charge in [-0.1, -0.05) is 5.16 Å². The molecule has 36 heavy (non-hydrogen) atoms. The molecule has 1 saturated heterocycles. The van der Waals surface area contributed by atoms with Gasteiger partial charge in [-0.2, -0.15) is 0 Å². The molecular weight excluding hydrogens is 481 g/mol. The maximum atomic E-state index is 14.0. The summed E-state index contributed by atoms with van der Waals surface area (Å²) in [6, 6.07) is 1.26. The number of rotatable bonds is 3. The van der Waals surface area contributed by atoms with E-state index < -0.39 is 58.1 Å². The van der Waals surface area contributed by atoms with Crippen LogP contribution < -0.4 is 5.43 Å². The van der Waals surface area contributed by atoms with Crippen molar-refractivity contribution in [2.75, 3.05) is 6.54 Å². The van der Waals surface area contributed by atoms with E-state index in [1.807, 2.05) is 13.8 Å². The second-order valence-corrected chi connectivity index (χ2v) is 9.58. The molecule has 0 aliphatic carbocycles. The van der Waals surface area contributed by atoms with Gasteiger partial charge in [-0.05, 0) is 26.7 Å². The number of oxime groups is 1. The lowest BCUT2D eigenvalue weighted by molar-refractivity contribution is -0.0679. The Labute approximate surface area is 203 Å². The van der Waals surface area contributed by atoms with Crippen molar-refractivity contribution in [3.8, 4) is 0 Å². The number of hydrogen-bond acceptors (Lipinski definition) is 6. The molecule has 2 aromatic rings. The van der Waals surface area contributed by atoms with Crippen LogP contribution in [0, 0.1) is 17.5 Å². The smallest absolute Gasteiger partial charge is 0.283 e. The summed E-state index contributed by atoms with van der Waals surface area (Å²) < 4.78 is 42.8. The molecule has 2 bridgehead atoms. The molecule has 1 aromatic carbocycles. The molecule has 3 aliphatic rings. The van der Waals surface area contributed by atoms with Crippen LogP contribution in [0.2, 0.25) is 0 Å². The van der Waals surface area contributed by atoms with Crippen molar-refractivity contribution >= 4 is 17.5 Å².